The molecule has 0 fully saturated rings. The van der Waals surface area contributed by atoms with Gasteiger partial charge in [-0.05, 0) is 37.2 Å². The molecule has 0 aliphatic heterocycles. The quantitative estimate of drug-likeness (QED) is 0.829. The third-order valence-electron chi connectivity index (χ3n) is 3.33. The molecular weight excluding hydrogens is 262 g/mol. The second kappa shape index (κ2) is 6.90. The predicted octanol–water partition coefficient (Wildman–Crippen LogP) is 2.65. The summed E-state index contributed by atoms with van der Waals surface area (Å²) in [6.07, 6.45) is 0. The van der Waals surface area contributed by atoms with E-state index in [1.165, 1.54) is 0 Å². The van der Waals surface area contributed by atoms with Gasteiger partial charge in [0.05, 0.1) is 6.54 Å². The molecule has 0 unspecified atom stereocenters. The molecular formula is C17H21N3O. The van der Waals surface area contributed by atoms with E-state index in [2.05, 4.69) is 5.32 Å². The maximum absolute atomic E-state index is 12.1. The lowest BCUT2D eigenvalue weighted by atomic mass is 10.1. The molecule has 1 amide bonds. The number of rotatable bonds is 5. The van der Waals surface area contributed by atoms with Gasteiger partial charge < -0.3 is 11.1 Å². The highest BCUT2D eigenvalue weighted by Crippen LogP contribution is 2.14. The van der Waals surface area contributed by atoms with Crippen LogP contribution in [0.15, 0.2) is 48.5 Å². The van der Waals surface area contributed by atoms with Gasteiger partial charge in [0, 0.05) is 17.9 Å². The van der Waals surface area contributed by atoms with Crippen LogP contribution in [0.3, 0.4) is 0 Å². The van der Waals surface area contributed by atoms with Crippen molar-refractivity contribution in [2.24, 2.45) is 0 Å². The van der Waals surface area contributed by atoms with Crippen molar-refractivity contribution in [3.8, 4) is 0 Å². The second-order valence-corrected chi connectivity index (χ2v) is 5.23. The molecule has 0 bridgehead atoms. The number of nitrogens with zero attached hydrogens (tertiary/aromatic N) is 1. The minimum Gasteiger partial charge on any atom is -0.398 e. The average molecular weight is 283 g/mol. The van der Waals surface area contributed by atoms with Crippen LogP contribution in [0.25, 0.3) is 0 Å². The summed E-state index contributed by atoms with van der Waals surface area (Å²) < 4.78 is 0. The standard InChI is InChI=1S/C17H21N3O/c1-13-7-3-6-10-16(13)19-17(21)12-20(2)11-14-8-4-5-9-15(14)18/h3-10H,11-12,18H2,1-2H3,(H,19,21). The zero-order valence-electron chi connectivity index (χ0n) is 12.5. The van der Waals surface area contributed by atoms with Gasteiger partial charge in [-0.25, -0.2) is 0 Å². The molecule has 0 atom stereocenters. The van der Waals surface area contributed by atoms with E-state index in [0.29, 0.717) is 13.1 Å². The zero-order valence-corrected chi connectivity index (χ0v) is 12.5. The molecule has 0 spiro atoms. The van der Waals surface area contributed by atoms with Gasteiger partial charge in [0.25, 0.3) is 0 Å². The number of aryl methyl sites for hydroxylation is 1. The van der Waals surface area contributed by atoms with Gasteiger partial charge in [-0.1, -0.05) is 36.4 Å². The van der Waals surface area contributed by atoms with Crippen molar-refractivity contribution in [3.05, 3.63) is 59.7 Å². The molecule has 0 radical (unpaired) electrons. The number of carbonyl (C=O) groups excluding carboxylic acids is 1. The Morgan fingerprint density at radius 1 is 1.14 bits per heavy atom. The molecule has 2 rings (SSSR count). The molecule has 0 heterocycles. The van der Waals surface area contributed by atoms with Crippen molar-refractivity contribution in [1.82, 2.24) is 4.90 Å². The first-order chi connectivity index (χ1) is 10.1. The normalized spacial score (nSPS) is 10.6. The van der Waals surface area contributed by atoms with Crippen molar-refractivity contribution < 1.29 is 4.79 Å². The van der Waals surface area contributed by atoms with E-state index in [4.69, 9.17) is 5.73 Å². The Morgan fingerprint density at radius 3 is 2.52 bits per heavy atom. The van der Waals surface area contributed by atoms with E-state index >= 15 is 0 Å². The smallest absolute Gasteiger partial charge is 0.238 e. The first-order valence-corrected chi connectivity index (χ1v) is 6.93. The second-order valence-electron chi connectivity index (χ2n) is 5.23. The first-order valence-electron chi connectivity index (χ1n) is 6.93. The van der Waals surface area contributed by atoms with Crippen LogP contribution in [-0.4, -0.2) is 24.4 Å². The van der Waals surface area contributed by atoms with Gasteiger partial charge in [-0.15, -0.1) is 0 Å². The first kappa shape index (κ1) is 15.1. The monoisotopic (exact) mass is 283 g/mol. The Balaban J connectivity index is 1.91. The zero-order chi connectivity index (χ0) is 15.2. The highest BCUT2D eigenvalue weighted by Gasteiger charge is 2.09. The number of benzene rings is 2. The Bertz CT molecular complexity index is 625. The number of hydrogen-bond acceptors (Lipinski definition) is 3. The lowest BCUT2D eigenvalue weighted by Gasteiger charge is -2.18. The van der Waals surface area contributed by atoms with Crippen molar-refractivity contribution >= 4 is 17.3 Å². The molecule has 4 heteroatoms. The number of carbonyl (C=O) groups is 1. The minimum atomic E-state index is -0.0266. The molecule has 2 aromatic rings. The maximum atomic E-state index is 12.1. The Kier molecular flexibility index (Phi) is 4.95. The molecule has 0 saturated carbocycles. The Hall–Kier alpha value is -2.33. The van der Waals surface area contributed by atoms with E-state index in [-0.39, 0.29) is 5.91 Å². The summed E-state index contributed by atoms with van der Waals surface area (Å²) in [5.74, 6) is -0.0266. The van der Waals surface area contributed by atoms with Gasteiger partial charge in [0.15, 0.2) is 0 Å². The molecule has 2 aromatic carbocycles. The lowest BCUT2D eigenvalue weighted by molar-refractivity contribution is -0.117. The summed E-state index contributed by atoms with van der Waals surface area (Å²) in [7, 11) is 1.91. The molecule has 0 saturated heterocycles. The summed E-state index contributed by atoms with van der Waals surface area (Å²) in [4.78, 5) is 14.0. The summed E-state index contributed by atoms with van der Waals surface area (Å²) >= 11 is 0. The number of likely N-dealkylation sites (N-methyl/N-ethyl adjacent to an activating group) is 1. The van der Waals surface area contributed by atoms with Crippen LogP contribution in [0.5, 0.6) is 0 Å². The number of amides is 1. The van der Waals surface area contributed by atoms with Crippen LogP contribution in [0.2, 0.25) is 0 Å². The van der Waals surface area contributed by atoms with Gasteiger partial charge >= 0.3 is 0 Å². The van der Waals surface area contributed by atoms with Crippen molar-refractivity contribution in [3.63, 3.8) is 0 Å². The van der Waals surface area contributed by atoms with Gasteiger partial charge in [0.1, 0.15) is 0 Å². The van der Waals surface area contributed by atoms with Gasteiger partial charge in [-0.2, -0.15) is 0 Å². The van der Waals surface area contributed by atoms with Crippen molar-refractivity contribution in [1.29, 1.82) is 0 Å². The third-order valence-corrected chi connectivity index (χ3v) is 3.33. The fraction of sp³-hybridized carbons (Fsp3) is 0.235. The third kappa shape index (κ3) is 4.33. The maximum Gasteiger partial charge on any atom is 0.238 e. The summed E-state index contributed by atoms with van der Waals surface area (Å²) in [5.41, 5.74) is 9.61. The van der Waals surface area contributed by atoms with E-state index in [9.17, 15) is 4.79 Å². The summed E-state index contributed by atoms with van der Waals surface area (Å²) in [6.45, 7) is 2.94. The number of para-hydroxylation sites is 2. The number of nitrogens with two attached hydrogens (primary N) is 1. The number of anilines is 2. The Morgan fingerprint density at radius 2 is 1.81 bits per heavy atom. The highest BCUT2D eigenvalue weighted by molar-refractivity contribution is 5.92. The van der Waals surface area contributed by atoms with Gasteiger partial charge in [0.2, 0.25) is 5.91 Å². The topological polar surface area (TPSA) is 58.4 Å². The molecule has 110 valence electrons. The SMILES string of the molecule is Cc1ccccc1NC(=O)CN(C)Cc1ccccc1N. The minimum absolute atomic E-state index is 0.0266. The fourth-order valence-electron chi connectivity index (χ4n) is 2.17. The van der Waals surface area contributed by atoms with Crippen LogP contribution >= 0.6 is 0 Å². The number of nitrogen functional groups attached to an aromatic ring is 1. The lowest BCUT2D eigenvalue weighted by Crippen LogP contribution is -2.30. The van der Waals surface area contributed by atoms with Crippen LogP contribution in [0.1, 0.15) is 11.1 Å². The highest BCUT2D eigenvalue weighted by atomic mass is 16.2. The summed E-state index contributed by atoms with van der Waals surface area (Å²) in [5, 5.41) is 2.93. The fourth-order valence-corrected chi connectivity index (χ4v) is 2.17. The molecule has 0 aliphatic carbocycles. The van der Waals surface area contributed by atoms with Crippen LogP contribution in [0, 0.1) is 6.92 Å². The molecule has 4 nitrogen and oxygen atoms in total. The Labute approximate surface area is 125 Å². The molecule has 21 heavy (non-hydrogen) atoms. The number of nitrogens with one attached hydrogen (secondary N) is 1. The predicted molar refractivity (Wildman–Crippen MR) is 87.0 cm³/mol. The van der Waals surface area contributed by atoms with Crippen molar-refractivity contribution in [2.45, 2.75) is 13.5 Å². The molecule has 0 aliphatic rings. The largest absolute Gasteiger partial charge is 0.398 e. The van der Waals surface area contributed by atoms with Crippen LogP contribution in [-0.2, 0) is 11.3 Å². The van der Waals surface area contributed by atoms with E-state index in [1.54, 1.807) is 0 Å². The molecule has 0 aromatic heterocycles. The van der Waals surface area contributed by atoms with E-state index in [0.717, 1.165) is 22.5 Å². The van der Waals surface area contributed by atoms with Crippen LogP contribution in [0.4, 0.5) is 11.4 Å². The van der Waals surface area contributed by atoms with Gasteiger partial charge in [-0.3, -0.25) is 9.69 Å². The average Bonchev–Trinajstić information content (AvgIpc) is 2.44. The van der Waals surface area contributed by atoms with E-state index in [1.807, 2.05) is 67.4 Å². The summed E-state index contributed by atoms with van der Waals surface area (Å²) in [6, 6.07) is 15.5. The molecule has 3 N–H and O–H groups in total. The van der Waals surface area contributed by atoms with Crippen molar-refractivity contribution in [2.75, 3.05) is 24.6 Å². The van der Waals surface area contributed by atoms with E-state index < -0.39 is 0 Å². The van der Waals surface area contributed by atoms with Crippen LogP contribution < -0.4 is 11.1 Å². The number of hydrogen-bond donors (Lipinski definition) is 2.